The molecule has 1 aliphatic rings. The first-order chi connectivity index (χ1) is 15.4. The van der Waals surface area contributed by atoms with Crippen molar-refractivity contribution in [3.63, 3.8) is 0 Å². The zero-order chi connectivity index (χ0) is 22.7. The first kappa shape index (κ1) is 22.7. The zero-order valence-electron chi connectivity index (χ0n) is 18.4. The fourth-order valence-corrected chi connectivity index (χ4v) is 6.44. The second-order valence-electron chi connectivity index (χ2n) is 7.72. The average Bonchev–Trinajstić information content (AvgIpc) is 3.47. The van der Waals surface area contributed by atoms with Crippen LogP contribution < -0.4 is 10.2 Å². The summed E-state index contributed by atoms with van der Waals surface area (Å²) in [6, 6.07) is 12.8. The molecule has 0 bridgehead atoms. The van der Waals surface area contributed by atoms with E-state index in [2.05, 4.69) is 15.2 Å². The molecular formula is C23H28N4O3S2. The Morgan fingerprint density at radius 2 is 1.84 bits per heavy atom. The summed E-state index contributed by atoms with van der Waals surface area (Å²) in [5, 5.41) is 3.76. The SMILES string of the molecule is CCN(CC)S(=O)(=O)c1ccc(N2CCCC2)c(C(=O)NCc2nc3ccccc3s2)c1. The van der Waals surface area contributed by atoms with Gasteiger partial charge in [0.1, 0.15) is 5.01 Å². The minimum absolute atomic E-state index is 0.147. The Hall–Kier alpha value is -2.49. The summed E-state index contributed by atoms with van der Waals surface area (Å²) in [6.45, 7) is 6.40. The van der Waals surface area contributed by atoms with Crippen LogP contribution in [0.2, 0.25) is 0 Å². The van der Waals surface area contributed by atoms with Crippen molar-refractivity contribution in [1.29, 1.82) is 0 Å². The average molecular weight is 473 g/mol. The zero-order valence-corrected chi connectivity index (χ0v) is 20.0. The largest absolute Gasteiger partial charge is 0.371 e. The number of hydrogen-bond acceptors (Lipinski definition) is 6. The summed E-state index contributed by atoms with van der Waals surface area (Å²) in [5.74, 6) is -0.289. The van der Waals surface area contributed by atoms with Crippen molar-refractivity contribution in [3.05, 3.63) is 53.0 Å². The van der Waals surface area contributed by atoms with Gasteiger partial charge in [-0.25, -0.2) is 13.4 Å². The topological polar surface area (TPSA) is 82.6 Å². The van der Waals surface area contributed by atoms with Crippen LogP contribution in [0.1, 0.15) is 42.1 Å². The van der Waals surface area contributed by atoms with Crippen molar-refractivity contribution < 1.29 is 13.2 Å². The van der Waals surface area contributed by atoms with Gasteiger partial charge in [0, 0.05) is 31.9 Å². The van der Waals surface area contributed by atoms with Crippen molar-refractivity contribution >= 4 is 43.2 Å². The van der Waals surface area contributed by atoms with Crippen LogP contribution in [0.4, 0.5) is 5.69 Å². The number of hydrogen-bond donors (Lipinski definition) is 1. The molecule has 1 amide bonds. The van der Waals surface area contributed by atoms with E-state index in [1.807, 2.05) is 38.1 Å². The van der Waals surface area contributed by atoms with Crippen LogP contribution in [0.25, 0.3) is 10.2 Å². The number of nitrogens with zero attached hydrogens (tertiary/aromatic N) is 3. The second kappa shape index (κ2) is 9.56. The number of carbonyl (C=O) groups is 1. The molecule has 2 aromatic carbocycles. The number of aromatic nitrogens is 1. The monoisotopic (exact) mass is 472 g/mol. The number of thiazole rings is 1. The summed E-state index contributed by atoms with van der Waals surface area (Å²) >= 11 is 1.54. The highest BCUT2D eigenvalue weighted by Gasteiger charge is 2.26. The van der Waals surface area contributed by atoms with E-state index in [9.17, 15) is 13.2 Å². The summed E-state index contributed by atoms with van der Waals surface area (Å²) in [4.78, 5) is 20.1. The summed E-state index contributed by atoms with van der Waals surface area (Å²) in [7, 11) is -3.66. The predicted octanol–water partition coefficient (Wildman–Crippen LogP) is 3.86. The molecule has 1 N–H and O–H groups in total. The van der Waals surface area contributed by atoms with Crippen LogP contribution >= 0.6 is 11.3 Å². The van der Waals surface area contributed by atoms with Crippen LogP contribution in [0.5, 0.6) is 0 Å². The number of nitrogens with one attached hydrogen (secondary N) is 1. The highest BCUT2D eigenvalue weighted by Crippen LogP contribution is 2.29. The van der Waals surface area contributed by atoms with E-state index in [4.69, 9.17) is 0 Å². The molecule has 170 valence electrons. The molecule has 1 aliphatic heterocycles. The highest BCUT2D eigenvalue weighted by atomic mass is 32.2. The Balaban J connectivity index is 1.63. The number of anilines is 1. The number of para-hydroxylation sites is 1. The van der Waals surface area contributed by atoms with Crippen LogP contribution in [0.15, 0.2) is 47.4 Å². The van der Waals surface area contributed by atoms with Crippen molar-refractivity contribution in [2.45, 2.75) is 38.1 Å². The van der Waals surface area contributed by atoms with Crippen molar-refractivity contribution in [2.75, 3.05) is 31.1 Å². The van der Waals surface area contributed by atoms with Gasteiger partial charge in [0.25, 0.3) is 5.91 Å². The maximum atomic E-state index is 13.2. The van der Waals surface area contributed by atoms with Gasteiger partial charge in [-0.1, -0.05) is 26.0 Å². The molecule has 0 spiro atoms. The van der Waals surface area contributed by atoms with Crippen LogP contribution in [-0.4, -0.2) is 49.8 Å². The summed E-state index contributed by atoms with van der Waals surface area (Å²) in [6.07, 6.45) is 2.12. The maximum absolute atomic E-state index is 13.2. The van der Waals surface area contributed by atoms with E-state index in [0.717, 1.165) is 46.8 Å². The van der Waals surface area contributed by atoms with Gasteiger partial charge in [-0.2, -0.15) is 4.31 Å². The van der Waals surface area contributed by atoms with Gasteiger partial charge < -0.3 is 10.2 Å². The Labute approximate surface area is 193 Å². The molecule has 7 nitrogen and oxygen atoms in total. The van der Waals surface area contributed by atoms with Gasteiger partial charge in [0.05, 0.1) is 27.2 Å². The number of fused-ring (bicyclic) bond motifs is 1. The Bertz CT molecular complexity index is 1180. The molecule has 0 aliphatic carbocycles. The lowest BCUT2D eigenvalue weighted by Crippen LogP contribution is -2.31. The molecule has 1 saturated heterocycles. The van der Waals surface area contributed by atoms with Gasteiger partial charge >= 0.3 is 0 Å². The normalized spacial score (nSPS) is 14.4. The Kier molecular flexibility index (Phi) is 6.78. The van der Waals surface area contributed by atoms with E-state index in [1.165, 1.54) is 10.4 Å². The number of rotatable bonds is 8. The molecule has 2 heterocycles. The van der Waals surface area contributed by atoms with Crippen molar-refractivity contribution in [3.8, 4) is 0 Å². The molecular weight excluding hydrogens is 444 g/mol. The summed E-state index contributed by atoms with van der Waals surface area (Å²) in [5.41, 5.74) is 2.08. The molecule has 3 aromatic rings. The molecule has 4 rings (SSSR count). The van der Waals surface area contributed by atoms with Crippen molar-refractivity contribution in [1.82, 2.24) is 14.6 Å². The minimum Gasteiger partial charge on any atom is -0.371 e. The third-order valence-corrected chi connectivity index (χ3v) is 8.82. The first-order valence-electron chi connectivity index (χ1n) is 11.0. The van der Waals surface area contributed by atoms with Crippen LogP contribution in [0.3, 0.4) is 0 Å². The molecule has 9 heteroatoms. The van der Waals surface area contributed by atoms with Gasteiger partial charge in [0.15, 0.2) is 0 Å². The molecule has 32 heavy (non-hydrogen) atoms. The van der Waals surface area contributed by atoms with E-state index < -0.39 is 10.0 Å². The standard InChI is InChI=1S/C23H28N4O3S2/c1-3-27(4-2)32(29,30)17-11-12-20(26-13-7-8-14-26)18(15-17)23(28)24-16-22-25-19-9-5-6-10-21(19)31-22/h5-6,9-12,15H,3-4,7-8,13-14,16H2,1-2H3,(H,24,28). The Morgan fingerprint density at radius 3 is 2.53 bits per heavy atom. The highest BCUT2D eigenvalue weighted by molar-refractivity contribution is 7.89. The minimum atomic E-state index is -3.66. The summed E-state index contributed by atoms with van der Waals surface area (Å²) < 4.78 is 28.6. The second-order valence-corrected chi connectivity index (χ2v) is 10.8. The molecule has 0 radical (unpaired) electrons. The number of sulfonamides is 1. The number of amides is 1. The lowest BCUT2D eigenvalue weighted by atomic mass is 10.1. The molecule has 1 fully saturated rings. The molecule has 0 atom stereocenters. The third-order valence-electron chi connectivity index (χ3n) is 5.74. The molecule has 0 saturated carbocycles. The Morgan fingerprint density at radius 1 is 1.12 bits per heavy atom. The van der Waals surface area contributed by atoms with E-state index in [-0.39, 0.29) is 10.8 Å². The quantitative estimate of drug-likeness (QED) is 0.538. The smallest absolute Gasteiger partial charge is 0.253 e. The van der Waals surface area contributed by atoms with Gasteiger partial charge in [-0.15, -0.1) is 11.3 Å². The lowest BCUT2D eigenvalue weighted by molar-refractivity contribution is 0.0951. The maximum Gasteiger partial charge on any atom is 0.253 e. The lowest BCUT2D eigenvalue weighted by Gasteiger charge is -2.23. The van der Waals surface area contributed by atoms with E-state index in [0.29, 0.717) is 25.2 Å². The fourth-order valence-electron chi connectivity index (χ4n) is 4.05. The number of carbonyl (C=O) groups excluding carboxylic acids is 1. The van der Waals surface area contributed by atoms with Crippen LogP contribution in [-0.2, 0) is 16.6 Å². The fraction of sp³-hybridized carbons (Fsp3) is 0.391. The van der Waals surface area contributed by atoms with Crippen molar-refractivity contribution in [2.24, 2.45) is 0 Å². The number of benzene rings is 2. The van der Waals surface area contributed by atoms with Gasteiger partial charge in [-0.3, -0.25) is 4.79 Å². The van der Waals surface area contributed by atoms with Gasteiger partial charge in [-0.05, 0) is 43.2 Å². The molecule has 1 aromatic heterocycles. The van der Waals surface area contributed by atoms with E-state index in [1.54, 1.807) is 23.5 Å². The third kappa shape index (κ3) is 4.51. The van der Waals surface area contributed by atoms with E-state index >= 15 is 0 Å². The predicted molar refractivity (Wildman–Crippen MR) is 129 cm³/mol. The van der Waals surface area contributed by atoms with Crippen LogP contribution in [0, 0.1) is 0 Å². The first-order valence-corrected chi connectivity index (χ1v) is 13.2. The van der Waals surface area contributed by atoms with Gasteiger partial charge in [0.2, 0.25) is 10.0 Å². The molecule has 0 unspecified atom stereocenters.